The quantitative estimate of drug-likeness (QED) is 0.673. The van der Waals surface area contributed by atoms with E-state index < -0.39 is 5.97 Å². The second-order valence-corrected chi connectivity index (χ2v) is 2.39. The van der Waals surface area contributed by atoms with Crippen LogP contribution in [0, 0.1) is 0 Å². The second-order valence-electron chi connectivity index (χ2n) is 2.39. The Kier molecular flexibility index (Phi) is 2.58. The van der Waals surface area contributed by atoms with Gasteiger partial charge in [0.25, 0.3) is 0 Å². The van der Waals surface area contributed by atoms with Crippen molar-refractivity contribution in [3.05, 3.63) is 35.7 Å². The minimum absolute atomic E-state index is 0.286. The number of carboxylic acid groups (broad SMARTS) is 1. The Labute approximate surface area is 70.4 Å². The van der Waals surface area contributed by atoms with Crippen LogP contribution in [0.3, 0.4) is 0 Å². The van der Waals surface area contributed by atoms with Crippen molar-refractivity contribution in [3.8, 4) is 0 Å². The standard InChI is InChI=1S/C9H9NO2/c1-7(9(11)12)6-8-4-2-3-5-10-8/h2-6H,1H3,(H,11,12). The number of aliphatic carboxylic acids is 1. The van der Waals surface area contributed by atoms with Crippen LogP contribution in [0.5, 0.6) is 0 Å². The van der Waals surface area contributed by atoms with E-state index in [1.165, 1.54) is 13.0 Å². The lowest BCUT2D eigenvalue weighted by molar-refractivity contribution is -0.132. The van der Waals surface area contributed by atoms with Crippen LogP contribution in [0.4, 0.5) is 0 Å². The molecule has 0 spiro atoms. The highest BCUT2D eigenvalue weighted by Gasteiger charge is 1.98. The van der Waals surface area contributed by atoms with E-state index in [9.17, 15) is 4.79 Å². The molecule has 3 nitrogen and oxygen atoms in total. The first-order chi connectivity index (χ1) is 5.70. The smallest absolute Gasteiger partial charge is 0.331 e. The van der Waals surface area contributed by atoms with Crippen LogP contribution in [0.25, 0.3) is 6.08 Å². The highest BCUT2D eigenvalue weighted by atomic mass is 16.4. The molecule has 0 amide bonds. The molecule has 3 heteroatoms. The molecule has 0 aliphatic heterocycles. The van der Waals surface area contributed by atoms with Crippen molar-refractivity contribution in [2.75, 3.05) is 0 Å². The molecular formula is C9H9NO2. The van der Waals surface area contributed by atoms with Crippen LogP contribution in [0.1, 0.15) is 12.6 Å². The molecule has 0 saturated heterocycles. The van der Waals surface area contributed by atoms with E-state index in [0.717, 1.165) is 0 Å². The van der Waals surface area contributed by atoms with Crippen molar-refractivity contribution in [3.63, 3.8) is 0 Å². The summed E-state index contributed by atoms with van der Waals surface area (Å²) >= 11 is 0. The average Bonchev–Trinajstić information content (AvgIpc) is 2.06. The predicted molar refractivity (Wildman–Crippen MR) is 45.5 cm³/mol. The van der Waals surface area contributed by atoms with Crippen molar-refractivity contribution >= 4 is 12.0 Å². The zero-order valence-electron chi connectivity index (χ0n) is 6.69. The number of aromatic nitrogens is 1. The lowest BCUT2D eigenvalue weighted by Gasteiger charge is -1.92. The molecule has 0 aliphatic rings. The number of hydrogen-bond donors (Lipinski definition) is 1. The molecule has 0 atom stereocenters. The first kappa shape index (κ1) is 8.46. The van der Waals surface area contributed by atoms with Gasteiger partial charge in [0.15, 0.2) is 0 Å². The van der Waals surface area contributed by atoms with E-state index >= 15 is 0 Å². The van der Waals surface area contributed by atoms with Gasteiger partial charge in [0.1, 0.15) is 0 Å². The van der Waals surface area contributed by atoms with Gasteiger partial charge in [-0.15, -0.1) is 0 Å². The molecule has 0 aliphatic carbocycles. The van der Waals surface area contributed by atoms with Gasteiger partial charge >= 0.3 is 5.97 Å². The third-order valence-electron chi connectivity index (χ3n) is 1.39. The Balaban J connectivity index is 2.89. The maximum Gasteiger partial charge on any atom is 0.331 e. The molecule has 0 bridgehead atoms. The van der Waals surface area contributed by atoms with Gasteiger partial charge in [0.05, 0.1) is 5.69 Å². The van der Waals surface area contributed by atoms with Crippen molar-refractivity contribution in [1.82, 2.24) is 4.98 Å². The number of carboxylic acids is 1. The van der Waals surface area contributed by atoms with E-state index in [2.05, 4.69) is 4.98 Å². The first-order valence-corrected chi connectivity index (χ1v) is 3.53. The van der Waals surface area contributed by atoms with Crippen LogP contribution in [0.15, 0.2) is 30.0 Å². The van der Waals surface area contributed by atoms with Gasteiger partial charge in [0.2, 0.25) is 0 Å². The van der Waals surface area contributed by atoms with Crippen molar-refractivity contribution in [2.24, 2.45) is 0 Å². The molecule has 62 valence electrons. The van der Waals surface area contributed by atoms with E-state index in [4.69, 9.17) is 5.11 Å². The lowest BCUT2D eigenvalue weighted by atomic mass is 10.2. The summed E-state index contributed by atoms with van der Waals surface area (Å²) in [5, 5.41) is 8.55. The van der Waals surface area contributed by atoms with Gasteiger partial charge in [-0.2, -0.15) is 0 Å². The van der Waals surface area contributed by atoms with Gasteiger partial charge in [-0.3, -0.25) is 4.98 Å². The average molecular weight is 163 g/mol. The normalized spacial score (nSPS) is 11.2. The molecule has 1 N–H and O–H groups in total. The molecule has 0 radical (unpaired) electrons. The summed E-state index contributed by atoms with van der Waals surface area (Å²) in [6.45, 7) is 1.54. The molecule has 0 aromatic carbocycles. The Bertz CT molecular complexity index is 304. The van der Waals surface area contributed by atoms with E-state index in [0.29, 0.717) is 5.69 Å². The largest absolute Gasteiger partial charge is 0.478 e. The maximum absolute atomic E-state index is 10.4. The van der Waals surface area contributed by atoms with Gasteiger partial charge in [-0.1, -0.05) is 6.07 Å². The highest BCUT2D eigenvalue weighted by molar-refractivity contribution is 5.91. The van der Waals surface area contributed by atoms with Crippen molar-refractivity contribution < 1.29 is 9.90 Å². The third kappa shape index (κ3) is 2.20. The van der Waals surface area contributed by atoms with Gasteiger partial charge in [0, 0.05) is 11.8 Å². The fourth-order valence-electron chi connectivity index (χ4n) is 0.745. The summed E-state index contributed by atoms with van der Waals surface area (Å²) in [7, 11) is 0. The third-order valence-corrected chi connectivity index (χ3v) is 1.39. The molecule has 1 aromatic rings. The van der Waals surface area contributed by atoms with Crippen LogP contribution in [0.2, 0.25) is 0 Å². The topological polar surface area (TPSA) is 50.2 Å². The predicted octanol–water partition coefficient (Wildman–Crippen LogP) is 1.57. The molecule has 1 aromatic heterocycles. The summed E-state index contributed by atoms with van der Waals surface area (Å²) in [6.07, 6.45) is 3.16. The molecule has 0 unspecified atom stereocenters. The molecule has 1 heterocycles. The van der Waals surface area contributed by atoms with Crippen molar-refractivity contribution in [1.29, 1.82) is 0 Å². The molecule has 0 saturated carbocycles. The second kappa shape index (κ2) is 3.67. The summed E-state index contributed by atoms with van der Waals surface area (Å²) in [5.41, 5.74) is 0.950. The summed E-state index contributed by atoms with van der Waals surface area (Å²) < 4.78 is 0. The zero-order chi connectivity index (χ0) is 8.97. The van der Waals surface area contributed by atoms with Crippen LogP contribution in [-0.2, 0) is 4.79 Å². The fourth-order valence-corrected chi connectivity index (χ4v) is 0.745. The zero-order valence-corrected chi connectivity index (χ0v) is 6.69. The number of pyridine rings is 1. The van der Waals surface area contributed by atoms with Gasteiger partial charge in [-0.05, 0) is 25.1 Å². The van der Waals surface area contributed by atoms with E-state index in [-0.39, 0.29) is 5.57 Å². The Hall–Kier alpha value is -1.64. The summed E-state index contributed by atoms with van der Waals surface area (Å²) in [6, 6.07) is 5.36. The Morgan fingerprint density at radius 1 is 1.58 bits per heavy atom. The van der Waals surface area contributed by atoms with Crippen molar-refractivity contribution in [2.45, 2.75) is 6.92 Å². The van der Waals surface area contributed by atoms with Gasteiger partial charge in [-0.25, -0.2) is 4.79 Å². The molecular weight excluding hydrogens is 154 g/mol. The molecule has 0 fully saturated rings. The van der Waals surface area contributed by atoms with E-state index in [1.54, 1.807) is 18.3 Å². The summed E-state index contributed by atoms with van der Waals surface area (Å²) in [5.74, 6) is -0.916. The summed E-state index contributed by atoms with van der Waals surface area (Å²) in [4.78, 5) is 14.4. The van der Waals surface area contributed by atoms with Gasteiger partial charge < -0.3 is 5.11 Å². The minimum atomic E-state index is -0.916. The first-order valence-electron chi connectivity index (χ1n) is 3.53. The molecule has 12 heavy (non-hydrogen) atoms. The highest BCUT2D eigenvalue weighted by Crippen LogP contribution is 2.02. The Morgan fingerprint density at radius 2 is 2.33 bits per heavy atom. The van der Waals surface area contributed by atoms with Crippen LogP contribution >= 0.6 is 0 Å². The lowest BCUT2D eigenvalue weighted by Crippen LogP contribution is -1.95. The Morgan fingerprint density at radius 3 is 2.83 bits per heavy atom. The van der Waals surface area contributed by atoms with Crippen LogP contribution < -0.4 is 0 Å². The van der Waals surface area contributed by atoms with Crippen LogP contribution in [-0.4, -0.2) is 16.1 Å². The number of rotatable bonds is 2. The van der Waals surface area contributed by atoms with E-state index in [1.807, 2.05) is 6.07 Å². The number of nitrogens with zero attached hydrogens (tertiary/aromatic N) is 1. The number of hydrogen-bond acceptors (Lipinski definition) is 2. The number of carbonyl (C=O) groups is 1. The monoisotopic (exact) mass is 163 g/mol. The maximum atomic E-state index is 10.4. The molecule has 1 rings (SSSR count). The fraction of sp³-hybridized carbons (Fsp3) is 0.111. The minimum Gasteiger partial charge on any atom is -0.478 e. The SMILES string of the molecule is CC(=Cc1ccccn1)C(=O)O.